The summed E-state index contributed by atoms with van der Waals surface area (Å²) in [5.41, 5.74) is 3.59. The van der Waals surface area contributed by atoms with Crippen molar-refractivity contribution in [3.05, 3.63) is 60.3 Å². The first-order valence-corrected chi connectivity index (χ1v) is 10.8. The van der Waals surface area contributed by atoms with Gasteiger partial charge in [-0.15, -0.1) is 0 Å². The second-order valence-electron chi connectivity index (χ2n) is 7.02. The molecule has 3 aromatic rings. The van der Waals surface area contributed by atoms with Gasteiger partial charge in [0.1, 0.15) is 5.82 Å². The van der Waals surface area contributed by atoms with Crippen molar-refractivity contribution in [3.8, 4) is 0 Å². The third-order valence-corrected chi connectivity index (χ3v) is 5.51. The van der Waals surface area contributed by atoms with Gasteiger partial charge in [0.25, 0.3) is 0 Å². The fraction of sp³-hybridized carbons (Fsp3) is 0.238. The van der Waals surface area contributed by atoms with Crippen LogP contribution in [-0.4, -0.2) is 44.9 Å². The third kappa shape index (κ3) is 4.93. The maximum absolute atomic E-state index is 11.2. The fourth-order valence-corrected chi connectivity index (χ4v) is 3.66. The summed E-state index contributed by atoms with van der Waals surface area (Å²) in [6.07, 6.45) is 1.72. The van der Waals surface area contributed by atoms with Crippen LogP contribution in [-0.2, 0) is 11.1 Å². The SMILES string of the molecule is Cc1cnc(Nc2ccc(N3CCNCC3)cc2)nc1Nc1cccc(S(=O)[O-])c1. The van der Waals surface area contributed by atoms with Gasteiger partial charge in [-0.25, -0.2) is 4.98 Å². The van der Waals surface area contributed by atoms with Gasteiger partial charge < -0.3 is 25.4 Å². The molecule has 4 rings (SSSR count). The van der Waals surface area contributed by atoms with E-state index in [1.54, 1.807) is 24.4 Å². The Morgan fingerprint density at radius 2 is 1.83 bits per heavy atom. The summed E-state index contributed by atoms with van der Waals surface area (Å²) >= 11 is -2.28. The number of hydrogen-bond donors (Lipinski definition) is 3. The fourth-order valence-electron chi connectivity index (χ4n) is 3.25. The number of aromatic nitrogens is 2. The molecule has 0 amide bonds. The number of benzene rings is 2. The van der Waals surface area contributed by atoms with Crippen LogP contribution >= 0.6 is 0 Å². The molecule has 1 unspecified atom stereocenters. The van der Waals surface area contributed by atoms with Crippen LogP contribution in [0.3, 0.4) is 0 Å². The lowest BCUT2D eigenvalue weighted by Gasteiger charge is -2.29. The van der Waals surface area contributed by atoms with Crippen LogP contribution in [0.4, 0.5) is 28.8 Å². The van der Waals surface area contributed by atoms with E-state index >= 15 is 0 Å². The minimum absolute atomic E-state index is 0.217. The predicted octanol–water partition coefficient (Wildman–Crippen LogP) is 2.92. The Labute approximate surface area is 178 Å². The topological polar surface area (TPSA) is 105 Å². The molecule has 1 aliphatic heterocycles. The smallest absolute Gasteiger partial charge is 0.229 e. The summed E-state index contributed by atoms with van der Waals surface area (Å²) in [5.74, 6) is 1.07. The van der Waals surface area contributed by atoms with E-state index in [2.05, 4.69) is 43.0 Å². The number of rotatable bonds is 6. The van der Waals surface area contributed by atoms with Gasteiger partial charge in [0.15, 0.2) is 0 Å². The average Bonchev–Trinajstić information content (AvgIpc) is 2.77. The van der Waals surface area contributed by atoms with Gasteiger partial charge in [0.05, 0.1) is 0 Å². The molecule has 0 bridgehead atoms. The van der Waals surface area contributed by atoms with E-state index in [1.165, 1.54) is 11.8 Å². The first kappa shape index (κ1) is 20.3. The molecule has 0 radical (unpaired) electrons. The Morgan fingerprint density at radius 3 is 2.57 bits per heavy atom. The summed E-state index contributed by atoms with van der Waals surface area (Å²) < 4.78 is 22.4. The van der Waals surface area contributed by atoms with Crippen LogP contribution in [0.25, 0.3) is 0 Å². The minimum Gasteiger partial charge on any atom is -0.768 e. The van der Waals surface area contributed by atoms with Crippen LogP contribution in [0.1, 0.15) is 5.56 Å². The van der Waals surface area contributed by atoms with Gasteiger partial charge in [-0.05, 0) is 60.5 Å². The van der Waals surface area contributed by atoms with Gasteiger partial charge in [-0.3, -0.25) is 4.21 Å². The summed E-state index contributed by atoms with van der Waals surface area (Å²) in [4.78, 5) is 11.5. The van der Waals surface area contributed by atoms with E-state index in [-0.39, 0.29) is 4.90 Å². The molecule has 0 aliphatic carbocycles. The van der Waals surface area contributed by atoms with E-state index in [4.69, 9.17) is 0 Å². The molecule has 1 saturated heterocycles. The molecule has 9 heteroatoms. The first-order chi connectivity index (χ1) is 14.6. The lowest BCUT2D eigenvalue weighted by Crippen LogP contribution is -2.43. The molecule has 156 valence electrons. The van der Waals surface area contributed by atoms with Crippen molar-refractivity contribution in [2.24, 2.45) is 0 Å². The largest absolute Gasteiger partial charge is 0.768 e. The summed E-state index contributed by atoms with van der Waals surface area (Å²) in [6.45, 7) is 5.90. The predicted molar refractivity (Wildman–Crippen MR) is 118 cm³/mol. The third-order valence-electron chi connectivity index (χ3n) is 4.87. The van der Waals surface area contributed by atoms with Gasteiger partial charge >= 0.3 is 0 Å². The summed E-state index contributed by atoms with van der Waals surface area (Å²) in [7, 11) is 0. The second-order valence-corrected chi connectivity index (χ2v) is 7.96. The van der Waals surface area contributed by atoms with E-state index in [0.717, 1.165) is 37.4 Å². The Balaban J connectivity index is 1.47. The van der Waals surface area contributed by atoms with Crippen LogP contribution < -0.4 is 20.9 Å². The van der Waals surface area contributed by atoms with E-state index in [1.807, 2.05) is 19.1 Å². The molecule has 3 N–H and O–H groups in total. The summed E-state index contributed by atoms with van der Waals surface area (Å²) in [5, 5.41) is 9.75. The highest BCUT2D eigenvalue weighted by atomic mass is 32.2. The monoisotopic (exact) mass is 423 g/mol. The number of piperazine rings is 1. The standard InChI is InChI=1S/C21H24N6O2S/c1-15-14-23-21(26-20(15)24-17-3-2-4-19(13-17)30(28)29)25-16-5-7-18(8-6-16)27-11-9-22-10-12-27/h2-8,13-14,22H,9-12H2,1H3,(H,28,29)(H2,23,24,25,26)/p-1. The highest BCUT2D eigenvalue weighted by molar-refractivity contribution is 7.79. The molecule has 1 atom stereocenters. The Kier molecular flexibility index (Phi) is 6.22. The highest BCUT2D eigenvalue weighted by Gasteiger charge is 2.10. The van der Waals surface area contributed by atoms with Crippen molar-refractivity contribution in [3.63, 3.8) is 0 Å². The second kappa shape index (κ2) is 9.21. The number of anilines is 5. The zero-order valence-corrected chi connectivity index (χ0v) is 17.4. The Morgan fingerprint density at radius 1 is 1.07 bits per heavy atom. The molecule has 2 aromatic carbocycles. The van der Waals surface area contributed by atoms with Gasteiger partial charge in [-0.2, -0.15) is 4.98 Å². The molecule has 1 fully saturated rings. The van der Waals surface area contributed by atoms with Gasteiger partial charge in [-0.1, -0.05) is 6.07 Å². The van der Waals surface area contributed by atoms with Crippen LogP contribution in [0.2, 0.25) is 0 Å². The highest BCUT2D eigenvalue weighted by Crippen LogP contribution is 2.23. The summed E-state index contributed by atoms with van der Waals surface area (Å²) in [6, 6.07) is 14.8. The molecule has 0 saturated carbocycles. The number of hydrogen-bond acceptors (Lipinski definition) is 8. The van der Waals surface area contributed by atoms with Gasteiger partial charge in [0, 0.05) is 59.9 Å². The maximum atomic E-state index is 11.2. The zero-order chi connectivity index (χ0) is 20.9. The van der Waals surface area contributed by atoms with E-state index in [9.17, 15) is 8.76 Å². The molecular formula is C21H23N6O2S-. The van der Waals surface area contributed by atoms with Crippen molar-refractivity contribution < 1.29 is 8.76 Å². The quantitative estimate of drug-likeness (QED) is 0.520. The lowest BCUT2D eigenvalue weighted by atomic mass is 10.2. The minimum atomic E-state index is -2.28. The normalized spacial score (nSPS) is 14.9. The number of nitrogens with one attached hydrogen (secondary N) is 3. The van der Waals surface area contributed by atoms with Crippen molar-refractivity contribution >= 4 is 39.9 Å². The molecule has 30 heavy (non-hydrogen) atoms. The molecule has 2 heterocycles. The maximum Gasteiger partial charge on any atom is 0.229 e. The average molecular weight is 424 g/mol. The van der Waals surface area contributed by atoms with Crippen LogP contribution in [0.15, 0.2) is 59.6 Å². The van der Waals surface area contributed by atoms with Crippen molar-refractivity contribution in [1.29, 1.82) is 0 Å². The van der Waals surface area contributed by atoms with Crippen molar-refractivity contribution in [2.45, 2.75) is 11.8 Å². The number of aryl methyl sites for hydroxylation is 1. The van der Waals surface area contributed by atoms with Crippen LogP contribution in [0, 0.1) is 6.92 Å². The van der Waals surface area contributed by atoms with Crippen molar-refractivity contribution in [2.75, 3.05) is 41.7 Å². The van der Waals surface area contributed by atoms with Crippen LogP contribution in [0.5, 0.6) is 0 Å². The van der Waals surface area contributed by atoms with E-state index in [0.29, 0.717) is 17.5 Å². The van der Waals surface area contributed by atoms with Crippen molar-refractivity contribution in [1.82, 2.24) is 15.3 Å². The lowest BCUT2D eigenvalue weighted by molar-refractivity contribution is 0.537. The van der Waals surface area contributed by atoms with Gasteiger partial charge in [0.2, 0.25) is 5.95 Å². The number of nitrogens with zero attached hydrogens (tertiary/aromatic N) is 3. The molecule has 0 spiro atoms. The Bertz CT molecular complexity index is 1040. The molecule has 8 nitrogen and oxygen atoms in total. The molecule has 1 aromatic heterocycles. The molecular weight excluding hydrogens is 400 g/mol. The first-order valence-electron chi connectivity index (χ1n) is 9.71. The molecule has 1 aliphatic rings. The zero-order valence-electron chi connectivity index (χ0n) is 16.6. The van der Waals surface area contributed by atoms with E-state index < -0.39 is 11.1 Å². The Hall–Kier alpha value is -3.01.